The van der Waals surface area contributed by atoms with E-state index in [0.29, 0.717) is 34.4 Å². The molecule has 0 fully saturated rings. The number of hydrogen-bond donors (Lipinski definition) is 1. The lowest BCUT2D eigenvalue weighted by Crippen LogP contribution is -2.12. The zero-order chi connectivity index (χ0) is 16.1. The molecular weight excluding hydrogens is 370 g/mol. The monoisotopic (exact) mass is 383 g/mol. The molecule has 0 bridgehead atoms. The first kappa shape index (κ1) is 16.6. The molecule has 2 rings (SSSR count). The summed E-state index contributed by atoms with van der Waals surface area (Å²) < 4.78 is 11.6. The van der Waals surface area contributed by atoms with E-state index in [0.717, 1.165) is 4.47 Å². The highest BCUT2D eigenvalue weighted by Crippen LogP contribution is 2.36. The van der Waals surface area contributed by atoms with E-state index in [1.54, 1.807) is 24.3 Å². The van der Waals surface area contributed by atoms with Crippen molar-refractivity contribution in [2.75, 3.05) is 19.0 Å². The Morgan fingerprint density at radius 3 is 2.55 bits per heavy atom. The Morgan fingerprint density at radius 2 is 1.95 bits per heavy atom. The van der Waals surface area contributed by atoms with Gasteiger partial charge >= 0.3 is 0 Å². The van der Waals surface area contributed by atoms with Crippen LogP contribution in [0.4, 0.5) is 5.69 Å². The maximum Gasteiger partial charge on any atom is 0.255 e. The molecule has 1 amide bonds. The summed E-state index contributed by atoms with van der Waals surface area (Å²) in [5, 5.41) is 3.14. The van der Waals surface area contributed by atoms with Gasteiger partial charge in [-0.2, -0.15) is 0 Å². The van der Waals surface area contributed by atoms with Crippen molar-refractivity contribution in [3.8, 4) is 11.5 Å². The van der Waals surface area contributed by atoms with E-state index in [4.69, 9.17) is 21.1 Å². The molecule has 0 aromatic heterocycles. The minimum absolute atomic E-state index is 0.273. The molecule has 2 aromatic carbocycles. The average molecular weight is 385 g/mol. The number of amides is 1. The fraction of sp³-hybridized carbons (Fsp3) is 0.188. The largest absolute Gasteiger partial charge is 0.493 e. The first-order valence-corrected chi connectivity index (χ1v) is 7.79. The Morgan fingerprint density at radius 1 is 1.27 bits per heavy atom. The minimum atomic E-state index is -0.273. The molecule has 0 aliphatic rings. The van der Waals surface area contributed by atoms with Gasteiger partial charge in [-0.05, 0) is 43.3 Å². The molecule has 0 atom stereocenters. The molecule has 4 nitrogen and oxygen atoms in total. The van der Waals surface area contributed by atoms with Crippen LogP contribution in [0.1, 0.15) is 17.3 Å². The molecule has 116 valence electrons. The number of benzene rings is 2. The van der Waals surface area contributed by atoms with Crippen LogP contribution in [0.3, 0.4) is 0 Å². The molecule has 1 N–H and O–H groups in total. The zero-order valence-corrected chi connectivity index (χ0v) is 14.5. The topological polar surface area (TPSA) is 47.6 Å². The van der Waals surface area contributed by atoms with Crippen molar-refractivity contribution >= 4 is 39.1 Å². The molecule has 0 saturated heterocycles. The SMILES string of the molecule is CCOc1c(Cl)cc(C(=O)Nc2ccc(Br)cc2)cc1OC. The van der Waals surface area contributed by atoms with Crippen molar-refractivity contribution in [3.05, 3.63) is 51.5 Å². The molecule has 0 saturated carbocycles. The van der Waals surface area contributed by atoms with E-state index in [-0.39, 0.29) is 5.91 Å². The van der Waals surface area contributed by atoms with Gasteiger partial charge in [0, 0.05) is 15.7 Å². The van der Waals surface area contributed by atoms with Gasteiger partial charge in [-0.15, -0.1) is 0 Å². The van der Waals surface area contributed by atoms with E-state index < -0.39 is 0 Å². The number of hydrogen-bond acceptors (Lipinski definition) is 3. The number of carbonyl (C=O) groups excluding carboxylic acids is 1. The molecule has 0 heterocycles. The van der Waals surface area contributed by atoms with Crippen LogP contribution in [0, 0.1) is 0 Å². The Labute approximate surface area is 142 Å². The average Bonchev–Trinajstić information content (AvgIpc) is 2.51. The second-order valence-corrected chi connectivity index (χ2v) is 5.71. The summed E-state index contributed by atoms with van der Waals surface area (Å²) >= 11 is 9.52. The van der Waals surface area contributed by atoms with Gasteiger partial charge in [-0.3, -0.25) is 4.79 Å². The predicted octanol–water partition coefficient (Wildman–Crippen LogP) is 4.76. The minimum Gasteiger partial charge on any atom is -0.493 e. The van der Waals surface area contributed by atoms with Gasteiger partial charge in [0.1, 0.15) is 0 Å². The van der Waals surface area contributed by atoms with Crippen LogP contribution in [0.2, 0.25) is 5.02 Å². The van der Waals surface area contributed by atoms with Crippen molar-refractivity contribution in [1.29, 1.82) is 0 Å². The van der Waals surface area contributed by atoms with Gasteiger partial charge in [0.2, 0.25) is 0 Å². The van der Waals surface area contributed by atoms with Crippen molar-refractivity contribution in [3.63, 3.8) is 0 Å². The number of rotatable bonds is 5. The molecule has 0 unspecified atom stereocenters. The maximum absolute atomic E-state index is 12.3. The van der Waals surface area contributed by atoms with E-state index in [9.17, 15) is 4.79 Å². The smallest absolute Gasteiger partial charge is 0.255 e. The summed E-state index contributed by atoms with van der Waals surface area (Å²) in [5.41, 5.74) is 1.09. The van der Waals surface area contributed by atoms with Crippen LogP contribution in [-0.2, 0) is 0 Å². The van der Waals surface area contributed by atoms with Gasteiger partial charge in [-0.25, -0.2) is 0 Å². The van der Waals surface area contributed by atoms with E-state index in [1.807, 2.05) is 19.1 Å². The van der Waals surface area contributed by atoms with Crippen molar-refractivity contribution in [2.45, 2.75) is 6.92 Å². The summed E-state index contributed by atoms with van der Waals surface area (Å²) in [6, 6.07) is 10.5. The number of halogens is 2. The first-order chi connectivity index (χ1) is 10.5. The standard InChI is InChI=1S/C16H15BrClNO3/c1-3-22-15-13(18)8-10(9-14(15)21-2)16(20)19-12-6-4-11(17)5-7-12/h4-9H,3H2,1-2H3,(H,19,20). The highest BCUT2D eigenvalue weighted by atomic mass is 79.9. The van der Waals surface area contributed by atoms with Crippen molar-refractivity contribution in [2.24, 2.45) is 0 Å². The molecule has 0 aliphatic carbocycles. The van der Waals surface area contributed by atoms with Gasteiger partial charge in [-0.1, -0.05) is 27.5 Å². The Balaban J connectivity index is 2.26. The Hall–Kier alpha value is -1.72. The first-order valence-electron chi connectivity index (χ1n) is 6.62. The third kappa shape index (κ3) is 3.93. The second kappa shape index (κ2) is 7.51. The van der Waals surface area contributed by atoms with Crippen LogP contribution >= 0.6 is 27.5 Å². The molecule has 2 aromatic rings. The molecule has 22 heavy (non-hydrogen) atoms. The van der Waals surface area contributed by atoms with Crippen LogP contribution in [0.15, 0.2) is 40.9 Å². The van der Waals surface area contributed by atoms with Crippen LogP contribution in [0.5, 0.6) is 11.5 Å². The fourth-order valence-corrected chi connectivity index (χ4v) is 2.40. The van der Waals surface area contributed by atoms with Crippen LogP contribution in [0.25, 0.3) is 0 Å². The number of anilines is 1. The number of methoxy groups -OCH3 is 1. The predicted molar refractivity (Wildman–Crippen MR) is 91.3 cm³/mol. The number of carbonyl (C=O) groups is 1. The zero-order valence-electron chi connectivity index (χ0n) is 12.2. The van der Waals surface area contributed by atoms with E-state index in [1.165, 1.54) is 7.11 Å². The molecule has 0 aliphatic heterocycles. The molecular formula is C16H15BrClNO3. The highest BCUT2D eigenvalue weighted by molar-refractivity contribution is 9.10. The fourth-order valence-electron chi connectivity index (χ4n) is 1.87. The van der Waals surface area contributed by atoms with Gasteiger partial charge in [0.05, 0.1) is 18.7 Å². The summed E-state index contributed by atoms with van der Waals surface area (Å²) in [7, 11) is 1.50. The van der Waals surface area contributed by atoms with E-state index in [2.05, 4.69) is 21.2 Å². The Kier molecular flexibility index (Phi) is 5.69. The maximum atomic E-state index is 12.3. The van der Waals surface area contributed by atoms with Gasteiger partial charge in [0.15, 0.2) is 11.5 Å². The molecule has 0 radical (unpaired) electrons. The summed E-state index contributed by atoms with van der Waals surface area (Å²) in [6.45, 7) is 2.31. The summed E-state index contributed by atoms with van der Waals surface area (Å²) in [6.07, 6.45) is 0. The molecule has 6 heteroatoms. The van der Waals surface area contributed by atoms with Crippen LogP contribution < -0.4 is 14.8 Å². The third-order valence-corrected chi connectivity index (χ3v) is 3.69. The normalized spacial score (nSPS) is 10.2. The van der Waals surface area contributed by atoms with Gasteiger partial charge < -0.3 is 14.8 Å². The quantitative estimate of drug-likeness (QED) is 0.808. The van der Waals surface area contributed by atoms with Gasteiger partial charge in [0.25, 0.3) is 5.91 Å². The number of ether oxygens (including phenoxy) is 2. The lowest BCUT2D eigenvalue weighted by atomic mass is 10.1. The second-order valence-electron chi connectivity index (χ2n) is 4.38. The summed E-state index contributed by atoms with van der Waals surface area (Å²) in [5.74, 6) is 0.590. The lowest BCUT2D eigenvalue weighted by molar-refractivity contribution is 0.102. The highest BCUT2D eigenvalue weighted by Gasteiger charge is 2.15. The third-order valence-electron chi connectivity index (χ3n) is 2.88. The Bertz CT molecular complexity index is 674. The van der Waals surface area contributed by atoms with Crippen molar-refractivity contribution < 1.29 is 14.3 Å². The lowest BCUT2D eigenvalue weighted by Gasteiger charge is -2.13. The summed E-state index contributed by atoms with van der Waals surface area (Å²) in [4.78, 5) is 12.3. The van der Waals surface area contributed by atoms with Crippen molar-refractivity contribution in [1.82, 2.24) is 0 Å². The van der Waals surface area contributed by atoms with Crippen LogP contribution in [-0.4, -0.2) is 19.6 Å². The van der Waals surface area contributed by atoms with E-state index >= 15 is 0 Å². The number of nitrogens with one attached hydrogen (secondary N) is 1. The molecule has 0 spiro atoms.